The maximum absolute atomic E-state index is 10.1. The van der Waals surface area contributed by atoms with Crippen molar-refractivity contribution >= 4 is 6.47 Å². The maximum Gasteiger partial charge on any atom is 0.624 e. The van der Waals surface area contributed by atoms with Crippen molar-refractivity contribution in [3.05, 3.63) is 5.84 Å². The van der Waals surface area contributed by atoms with E-state index in [0.717, 1.165) is 6.47 Å². The molecule has 0 fully saturated rings. The molecule has 0 aromatic carbocycles. The molecule has 0 heterocycles. The molecule has 0 aliphatic heterocycles. The molecule has 0 amide bonds. The lowest BCUT2D eigenvalue weighted by Gasteiger charge is -1.49. The van der Waals surface area contributed by atoms with Crippen molar-refractivity contribution < 1.29 is 4.39 Å². The molecule has 22 valence electrons. The first-order chi connectivity index (χ1) is 1.91. The number of halogens is 1. The molecule has 1 N–H and O–H groups in total. The van der Waals surface area contributed by atoms with Crippen LogP contribution in [0.3, 0.4) is 0 Å². The third-order valence-corrected chi connectivity index (χ3v) is 0.0423. The minimum atomic E-state index is 0.722. The van der Waals surface area contributed by atoms with Gasteiger partial charge in [0.05, 0.1) is 0 Å². The van der Waals surface area contributed by atoms with E-state index < -0.39 is 0 Å². The van der Waals surface area contributed by atoms with Crippen LogP contribution in [0.5, 0.6) is 0 Å². The van der Waals surface area contributed by atoms with Gasteiger partial charge in [0.1, 0.15) is 4.39 Å². The van der Waals surface area contributed by atoms with E-state index in [4.69, 9.17) is 5.84 Å². The van der Waals surface area contributed by atoms with Gasteiger partial charge in [-0.05, 0) is 0 Å². The summed E-state index contributed by atoms with van der Waals surface area (Å²) in [7, 11) is 0. The molecule has 0 aliphatic rings. The molecular weight excluding hydrogens is 59.0 g/mol. The summed E-state index contributed by atoms with van der Waals surface area (Å²) in [5, 5.41) is 2.07. The minimum absolute atomic E-state index is 0.722. The monoisotopic (exact) mass is 60.0 g/mol. The van der Waals surface area contributed by atoms with E-state index in [9.17, 15) is 4.39 Å². The quantitative estimate of drug-likeness (QED) is 0.225. The van der Waals surface area contributed by atoms with Gasteiger partial charge < -0.3 is 5.84 Å². The second-order valence-corrected chi connectivity index (χ2v) is 0.196. The Hall–Kier alpha value is -0.690. The number of rotatable bonds is 0. The zero-order valence-corrected chi connectivity index (χ0v) is 1.83. The Balaban J connectivity index is 2.55. The van der Waals surface area contributed by atoms with Gasteiger partial charge in [-0.2, -0.15) is 0 Å². The maximum atomic E-state index is 10.1. The van der Waals surface area contributed by atoms with Crippen LogP contribution in [-0.2, 0) is 0 Å². The average molecular weight is 60.0 g/mol. The second kappa shape index (κ2) is 2.31. The smallest absolute Gasteiger partial charge is 0.564 e. The molecule has 2 nitrogen and oxygen atoms in total. The largest absolute Gasteiger partial charge is 0.624 e. The summed E-state index contributed by atoms with van der Waals surface area (Å²) < 4.78 is 10.1. The highest BCUT2D eigenvalue weighted by molar-refractivity contribution is 5.44. The number of nitrogens with zero attached hydrogens (tertiary/aromatic N) is 1. The van der Waals surface area contributed by atoms with E-state index in [1.54, 1.807) is 0 Å². The van der Waals surface area contributed by atoms with Gasteiger partial charge in [-0.3, -0.25) is 0 Å². The van der Waals surface area contributed by atoms with Crippen molar-refractivity contribution in [2.45, 2.75) is 0 Å². The Kier molecular flexibility index (Phi) is 1.91. The zero-order valence-electron chi connectivity index (χ0n) is 1.83. The predicted octanol–water partition coefficient (Wildman–Crippen LogP) is 0.828. The highest BCUT2D eigenvalue weighted by atomic mass is 19.1. The van der Waals surface area contributed by atoms with Gasteiger partial charge in [0.15, 0.2) is 0 Å². The van der Waals surface area contributed by atoms with Crippen LogP contribution < -0.4 is 0 Å². The average Bonchev–Trinajstić information content (AvgIpc) is 1.37. The Morgan fingerprint density at radius 2 is 2.25 bits per heavy atom. The van der Waals surface area contributed by atoms with Crippen LogP contribution in [0.15, 0.2) is 5.10 Å². The third kappa shape index (κ3) is 1.31. The van der Waals surface area contributed by atoms with Crippen molar-refractivity contribution in [1.82, 2.24) is 0 Å². The van der Waals surface area contributed by atoms with Gasteiger partial charge in [0.2, 0.25) is 0 Å². The molecule has 0 spiro atoms. The number of hydrogen-bond donors (Lipinski definition) is 0. The van der Waals surface area contributed by atoms with Crippen LogP contribution in [0.25, 0.3) is 5.84 Å². The summed E-state index contributed by atoms with van der Waals surface area (Å²) in [6.07, 6.45) is 0. The lowest BCUT2D eigenvalue weighted by molar-refractivity contribution is 0.841. The van der Waals surface area contributed by atoms with Gasteiger partial charge in [0, 0.05) is 0 Å². The van der Waals surface area contributed by atoms with Crippen LogP contribution in [0.1, 0.15) is 0 Å². The Bertz CT molecular complexity index is 21.2. The standard InChI is InChI=1S/CHFN2/c2-1-4-3/h3H. The SMILES string of the molecule is [NH-]N=[C+]F. The van der Waals surface area contributed by atoms with Crippen LogP contribution in [0, 0.1) is 0 Å². The predicted molar refractivity (Wildman–Crippen MR) is 12.9 cm³/mol. The molecule has 4 heavy (non-hydrogen) atoms. The molecule has 0 aromatic heterocycles. The Morgan fingerprint density at radius 3 is 2.25 bits per heavy atom. The fraction of sp³-hybridized carbons (Fsp3) is 0. The summed E-state index contributed by atoms with van der Waals surface area (Å²) in [5.41, 5.74) is 0. The van der Waals surface area contributed by atoms with E-state index in [2.05, 4.69) is 5.10 Å². The first-order valence-electron chi connectivity index (χ1n) is 0.636. The molecular formula is CHFN2. The second-order valence-electron chi connectivity index (χ2n) is 0.196. The third-order valence-electron chi connectivity index (χ3n) is 0.0423. The first kappa shape index (κ1) is 3.31. The molecule has 0 radical (unpaired) electrons. The minimum Gasteiger partial charge on any atom is -0.564 e. The highest BCUT2D eigenvalue weighted by Crippen LogP contribution is 1.54. The summed E-state index contributed by atoms with van der Waals surface area (Å²) in [6, 6.07) is 0. The summed E-state index contributed by atoms with van der Waals surface area (Å²) in [5.74, 6) is 5.59. The van der Waals surface area contributed by atoms with Crippen LogP contribution in [-0.4, -0.2) is 6.47 Å². The first-order valence-corrected chi connectivity index (χ1v) is 0.636. The summed E-state index contributed by atoms with van der Waals surface area (Å²) >= 11 is 0. The van der Waals surface area contributed by atoms with Gasteiger partial charge in [-0.25, -0.2) is 0 Å². The van der Waals surface area contributed by atoms with Gasteiger partial charge in [0.25, 0.3) is 0 Å². The summed E-state index contributed by atoms with van der Waals surface area (Å²) in [4.78, 5) is 0. The molecule has 0 atom stereocenters. The number of nitrogens with one attached hydrogen (secondary N) is 1. The van der Waals surface area contributed by atoms with E-state index in [1.165, 1.54) is 0 Å². The van der Waals surface area contributed by atoms with E-state index in [-0.39, 0.29) is 0 Å². The molecule has 0 saturated carbocycles. The Labute approximate surface area is 23.1 Å². The lowest BCUT2D eigenvalue weighted by atomic mass is 11.6. The molecule has 0 unspecified atom stereocenters. The topological polar surface area (TPSA) is 36.2 Å². The van der Waals surface area contributed by atoms with Crippen molar-refractivity contribution in [3.63, 3.8) is 0 Å². The van der Waals surface area contributed by atoms with Crippen molar-refractivity contribution in [2.24, 2.45) is 5.10 Å². The van der Waals surface area contributed by atoms with Crippen molar-refractivity contribution in [1.29, 1.82) is 0 Å². The van der Waals surface area contributed by atoms with Gasteiger partial charge >= 0.3 is 6.47 Å². The molecule has 0 rings (SSSR count). The van der Waals surface area contributed by atoms with Crippen LogP contribution in [0.2, 0.25) is 0 Å². The van der Waals surface area contributed by atoms with Gasteiger partial charge in [-0.15, -0.1) is 0 Å². The zero-order chi connectivity index (χ0) is 3.41. The molecule has 0 aromatic rings. The molecule has 0 saturated heterocycles. The van der Waals surface area contributed by atoms with E-state index in [1.807, 2.05) is 0 Å². The normalized spacial score (nSPS) is 7.25. The molecule has 0 bridgehead atoms. The summed E-state index contributed by atoms with van der Waals surface area (Å²) in [6.45, 7) is 0.722. The van der Waals surface area contributed by atoms with Crippen molar-refractivity contribution in [3.8, 4) is 0 Å². The fourth-order valence-electron chi connectivity index (χ4n) is 0. The molecule has 3 heteroatoms. The molecule has 0 aliphatic carbocycles. The Morgan fingerprint density at radius 1 is 2.00 bits per heavy atom. The number of hydrogen-bond acceptors (Lipinski definition) is 1. The van der Waals surface area contributed by atoms with Crippen molar-refractivity contribution in [2.75, 3.05) is 0 Å². The van der Waals surface area contributed by atoms with Gasteiger partial charge in [-0.1, -0.05) is 5.10 Å². The highest BCUT2D eigenvalue weighted by Gasteiger charge is 1.66. The fourth-order valence-corrected chi connectivity index (χ4v) is 0. The lowest BCUT2D eigenvalue weighted by Crippen LogP contribution is -1.37. The van der Waals surface area contributed by atoms with Crippen LogP contribution >= 0.6 is 0 Å². The van der Waals surface area contributed by atoms with E-state index in [0.29, 0.717) is 0 Å². The van der Waals surface area contributed by atoms with Crippen LogP contribution in [0.4, 0.5) is 4.39 Å². The van der Waals surface area contributed by atoms with E-state index >= 15 is 0 Å².